The highest BCUT2D eigenvalue weighted by molar-refractivity contribution is 5.88. The minimum absolute atomic E-state index is 0.0388. The van der Waals surface area contributed by atoms with Crippen molar-refractivity contribution < 1.29 is 14.4 Å². The molecule has 0 heterocycles. The van der Waals surface area contributed by atoms with Crippen LogP contribution in [0.3, 0.4) is 0 Å². The first kappa shape index (κ1) is 19.6. The van der Waals surface area contributed by atoms with E-state index in [2.05, 4.69) is 4.99 Å². The molecule has 7 heteroatoms. The van der Waals surface area contributed by atoms with Crippen LogP contribution in [0, 0.1) is 10.1 Å². The molecule has 0 amide bonds. The summed E-state index contributed by atoms with van der Waals surface area (Å²) in [5, 5.41) is 11.0. The quantitative estimate of drug-likeness (QED) is 0.242. The van der Waals surface area contributed by atoms with Crippen LogP contribution < -0.4 is 5.73 Å². The van der Waals surface area contributed by atoms with E-state index in [-0.39, 0.29) is 5.69 Å². The third-order valence-corrected chi connectivity index (χ3v) is 3.72. The monoisotopic (exact) mass is 357 g/mol. The van der Waals surface area contributed by atoms with Gasteiger partial charge in [0, 0.05) is 42.8 Å². The number of hydrogen-bond donors (Lipinski definition) is 1. The molecule has 0 saturated heterocycles. The Bertz CT molecular complexity index is 744. The van der Waals surface area contributed by atoms with E-state index in [1.54, 1.807) is 0 Å². The molecule has 0 spiro atoms. The molecule has 1 atom stereocenters. The van der Waals surface area contributed by atoms with Crippen LogP contribution in [0.15, 0.2) is 53.5 Å². The lowest BCUT2D eigenvalue weighted by atomic mass is 10.1. The summed E-state index contributed by atoms with van der Waals surface area (Å²) in [5.74, 6) is 0. The van der Waals surface area contributed by atoms with Gasteiger partial charge in [0.15, 0.2) is 6.29 Å². The Labute approximate surface area is 152 Å². The number of nitrogens with zero attached hydrogens (tertiary/aromatic N) is 2. The van der Waals surface area contributed by atoms with Crippen molar-refractivity contribution in [2.24, 2.45) is 4.99 Å². The number of nitrogen functional groups attached to an aromatic ring is 1. The maximum atomic E-state index is 11.0. The summed E-state index contributed by atoms with van der Waals surface area (Å²) < 4.78 is 11.4. The second-order valence-corrected chi connectivity index (χ2v) is 5.48. The van der Waals surface area contributed by atoms with Crippen LogP contribution in [0.5, 0.6) is 0 Å². The number of nitro groups is 1. The zero-order chi connectivity index (χ0) is 18.9. The molecule has 0 radical (unpaired) electrons. The number of hydrogen-bond acceptors (Lipinski definition) is 6. The van der Waals surface area contributed by atoms with E-state index in [0.717, 1.165) is 5.56 Å². The number of rotatable bonds is 9. The fourth-order valence-corrected chi connectivity index (χ4v) is 2.47. The predicted molar refractivity (Wildman–Crippen MR) is 101 cm³/mol. The van der Waals surface area contributed by atoms with E-state index in [1.807, 2.05) is 44.2 Å². The molecule has 2 N–H and O–H groups in total. The van der Waals surface area contributed by atoms with Crippen LogP contribution in [-0.4, -0.2) is 30.6 Å². The molecule has 2 rings (SSSR count). The highest BCUT2D eigenvalue weighted by atomic mass is 16.7. The maximum absolute atomic E-state index is 11.0. The molecule has 2 aromatic rings. The Kier molecular flexibility index (Phi) is 7.25. The highest BCUT2D eigenvalue weighted by Crippen LogP contribution is 2.26. The Morgan fingerprint density at radius 3 is 2.38 bits per heavy atom. The minimum atomic E-state index is -0.566. The third-order valence-electron chi connectivity index (χ3n) is 3.72. The summed E-state index contributed by atoms with van der Waals surface area (Å²) in [7, 11) is 0. The Hall–Kier alpha value is -2.77. The Morgan fingerprint density at radius 1 is 1.15 bits per heavy atom. The normalized spacial score (nSPS) is 12.6. The van der Waals surface area contributed by atoms with E-state index >= 15 is 0 Å². The number of anilines is 1. The molecule has 0 aliphatic carbocycles. The van der Waals surface area contributed by atoms with Crippen LogP contribution >= 0.6 is 0 Å². The smallest absolute Gasteiger partial charge is 0.270 e. The van der Waals surface area contributed by atoms with Gasteiger partial charge in [0.05, 0.1) is 4.92 Å². The Morgan fingerprint density at radius 2 is 1.81 bits per heavy atom. The van der Waals surface area contributed by atoms with Gasteiger partial charge in [-0.1, -0.05) is 30.3 Å². The fourth-order valence-electron chi connectivity index (χ4n) is 2.47. The van der Waals surface area contributed by atoms with Crippen LogP contribution in [0.25, 0.3) is 0 Å². The summed E-state index contributed by atoms with van der Waals surface area (Å²) in [4.78, 5) is 15.1. The lowest BCUT2D eigenvalue weighted by Crippen LogP contribution is -2.25. The summed E-state index contributed by atoms with van der Waals surface area (Å²) in [6.45, 7) is 4.72. The van der Waals surface area contributed by atoms with Gasteiger partial charge in [-0.3, -0.25) is 15.1 Å². The zero-order valence-corrected chi connectivity index (χ0v) is 14.9. The van der Waals surface area contributed by atoms with E-state index in [4.69, 9.17) is 15.2 Å². The number of nitrogens with two attached hydrogens (primary N) is 1. The van der Waals surface area contributed by atoms with Crippen molar-refractivity contribution in [2.45, 2.75) is 26.2 Å². The van der Waals surface area contributed by atoms with Gasteiger partial charge in [-0.25, -0.2) is 0 Å². The van der Waals surface area contributed by atoms with Gasteiger partial charge in [0.1, 0.15) is 6.04 Å². The van der Waals surface area contributed by atoms with Crippen LogP contribution in [0.1, 0.15) is 31.0 Å². The van der Waals surface area contributed by atoms with Crippen molar-refractivity contribution in [2.75, 3.05) is 18.9 Å². The topological polar surface area (TPSA) is 100.0 Å². The van der Waals surface area contributed by atoms with Gasteiger partial charge in [0.2, 0.25) is 0 Å². The molecule has 0 aliphatic rings. The molecule has 1 unspecified atom stereocenters. The van der Waals surface area contributed by atoms with Gasteiger partial charge >= 0.3 is 0 Å². The SMILES string of the molecule is CCOC(OCC)C(N=Cc1cc([N+](=O)[O-])ccc1N)c1ccccc1. The number of non-ortho nitro benzene ring substituents is 1. The summed E-state index contributed by atoms with van der Waals surface area (Å²) >= 11 is 0. The zero-order valence-electron chi connectivity index (χ0n) is 14.9. The van der Waals surface area contributed by atoms with Crippen molar-refractivity contribution in [1.82, 2.24) is 0 Å². The van der Waals surface area contributed by atoms with Crippen molar-refractivity contribution in [3.63, 3.8) is 0 Å². The summed E-state index contributed by atoms with van der Waals surface area (Å²) in [5.41, 5.74) is 7.70. The molecule has 0 aromatic heterocycles. The standard InChI is InChI=1S/C19H23N3O4/c1-3-25-19(26-4-2)18(14-8-6-5-7-9-14)21-13-15-12-16(22(23)24)10-11-17(15)20/h5-13,18-19H,3-4,20H2,1-2H3. The molecule has 0 fully saturated rings. The number of aliphatic imine (C=N–C) groups is 1. The number of nitro benzene ring substituents is 1. The second kappa shape index (κ2) is 9.65. The molecular weight excluding hydrogens is 334 g/mol. The number of ether oxygens (including phenoxy) is 2. The van der Waals surface area contributed by atoms with Crippen LogP contribution in [0.4, 0.5) is 11.4 Å². The lowest BCUT2D eigenvalue weighted by Gasteiger charge is -2.24. The first-order chi connectivity index (χ1) is 12.6. The average molecular weight is 357 g/mol. The molecular formula is C19H23N3O4. The molecule has 0 bridgehead atoms. The second-order valence-electron chi connectivity index (χ2n) is 5.48. The van der Waals surface area contributed by atoms with Crippen molar-refractivity contribution in [1.29, 1.82) is 0 Å². The highest BCUT2D eigenvalue weighted by Gasteiger charge is 2.23. The summed E-state index contributed by atoms with van der Waals surface area (Å²) in [6.07, 6.45) is 0.967. The first-order valence-electron chi connectivity index (χ1n) is 8.42. The van der Waals surface area contributed by atoms with Gasteiger partial charge in [-0.15, -0.1) is 0 Å². The summed E-state index contributed by atoms with van der Waals surface area (Å²) in [6, 6.07) is 13.5. The van der Waals surface area contributed by atoms with Crippen molar-refractivity contribution in [3.8, 4) is 0 Å². The molecule has 2 aromatic carbocycles. The van der Waals surface area contributed by atoms with Gasteiger partial charge in [0.25, 0.3) is 5.69 Å². The molecule has 0 aliphatic heterocycles. The van der Waals surface area contributed by atoms with E-state index in [9.17, 15) is 10.1 Å². The molecule has 138 valence electrons. The molecule has 0 saturated carbocycles. The van der Waals surface area contributed by atoms with Gasteiger partial charge in [-0.05, 0) is 25.5 Å². The van der Waals surface area contributed by atoms with Gasteiger partial charge in [-0.2, -0.15) is 0 Å². The first-order valence-corrected chi connectivity index (χ1v) is 8.42. The molecule has 26 heavy (non-hydrogen) atoms. The fraction of sp³-hybridized carbons (Fsp3) is 0.316. The van der Waals surface area contributed by atoms with Gasteiger partial charge < -0.3 is 15.2 Å². The van der Waals surface area contributed by atoms with E-state index < -0.39 is 17.3 Å². The molecule has 7 nitrogen and oxygen atoms in total. The van der Waals surface area contributed by atoms with Crippen molar-refractivity contribution in [3.05, 3.63) is 69.8 Å². The van der Waals surface area contributed by atoms with Crippen molar-refractivity contribution >= 4 is 17.6 Å². The maximum Gasteiger partial charge on any atom is 0.270 e. The Balaban J connectivity index is 2.38. The minimum Gasteiger partial charge on any atom is -0.398 e. The average Bonchev–Trinajstić information content (AvgIpc) is 2.64. The van der Waals surface area contributed by atoms with Crippen LogP contribution in [0.2, 0.25) is 0 Å². The van der Waals surface area contributed by atoms with E-state index in [0.29, 0.717) is 24.5 Å². The largest absolute Gasteiger partial charge is 0.398 e. The predicted octanol–water partition coefficient (Wildman–Crippen LogP) is 3.74. The number of benzene rings is 2. The van der Waals surface area contributed by atoms with Crippen LogP contribution in [-0.2, 0) is 9.47 Å². The lowest BCUT2D eigenvalue weighted by molar-refractivity contribution is -0.384. The third kappa shape index (κ3) is 5.11. The van der Waals surface area contributed by atoms with E-state index in [1.165, 1.54) is 24.4 Å².